The molecule has 3 rings (SSSR count). The van der Waals surface area contributed by atoms with Crippen LogP contribution in [0.5, 0.6) is 0 Å². The largest absolute Gasteiger partial charge is 0.376 e. The number of carbonyl (C=O) groups excluding carboxylic acids is 1. The summed E-state index contributed by atoms with van der Waals surface area (Å²) in [6.45, 7) is 1.54. The number of anilines is 1. The maximum Gasteiger partial charge on any atom is 0.234 e. The minimum atomic E-state index is -0.119. The SMILES string of the molecule is Cn1nnnc1SCC(=O)Nc1cnn(CC2CCCCO2)c1. The van der Waals surface area contributed by atoms with Gasteiger partial charge in [-0.3, -0.25) is 9.48 Å². The first-order chi connectivity index (χ1) is 11.2. The number of tetrazole rings is 1. The van der Waals surface area contributed by atoms with Gasteiger partial charge in [-0.05, 0) is 29.7 Å². The van der Waals surface area contributed by atoms with Crippen LogP contribution in [0.3, 0.4) is 0 Å². The van der Waals surface area contributed by atoms with Gasteiger partial charge in [-0.15, -0.1) is 5.10 Å². The van der Waals surface area contributed by atoms with Crippen LogP contribution in [0.2, 0.25) is 0 Å². The number of hydrogen-bond donors (Lipinski definition) is 1. The lowest BCUT2D eigenvalue weighted by atomic mass is 10.1. The molecule has 0 spiro atoms. The number of nitrogens with zero attached hydrogens (tertiary/aromatic N) is 6. The molecule has 10 heteroatoms. The van der Waals surface area contributed by atoms with Crippen molar-refractivity contribution in [3.8, 4) is 0 Å². The Bertz CT molecular complexity index is 650. The van der Waals surface area contributed by atoms with Gasteiger partial charge in [-0.25, -0.2) is 4.68 Å². The standard InChI is InChI=1S/C13H19N7O2S/c1-19-13(16-17-18-19)23-9-12(21)15-10-6-14-20(7-10)8-11-4-2-3-5-22-11/h6-7,11H,2-5,8-9H2,1H3,(H,15,21). The Morgan fingerprint density at radius 1 is 1.52 bits per heavy atom. The van der Waals surface area contributed by atoms with E-state index >= 15 is 0 Å². The summed E-state index contributed by atoms with van der Waals surface area (Å²) in [5.74, 6) is 0.122. The summed E-state index contributed by atoms with van der Waals surface area (Å²) >= 11 is 1.28. The van der Waals surface area contributed by atoms with Gasteiger partial charge < -0.3 is 10.1 Å². The molecule has 1 unspecified atom stereocenters. The molecule has 9 nitrogen and oxygen atoms in total. The first-order valence-corrected chi connectivity index (χ1v) is 8.48. The molecule has 1 atom stereocenters. The van der Waals surface area contributed by atoms with Gasteiger partial charge in [0.25, 0.3) is 0 Å². The number of rotatable bonds is 6. The summed E-state index contributed by atoms with van der Waals surface area (Å²) in [5.41, 5.74) is 0.683. The predicted octanol–water partition coefficient (Wildman–Crippen LogP) is 0.706. The number of carbonyl (C=O) groups is 1. The van der Waals surface area contributed by atoms with Crippen molar-refractivity contribution in [3.63, 3.8) is 0 Å². The Hall–Kier alpha value is -1.94. The van der Waals surface area contributed by atoms with E-state index in [0.29, 0.717) is 10.8 Å². The van der Waals surface area contributed by atoms with Crippen molar-refractivity contribution in [2.45, 2.75) is 37.1 Å². The van der Waals surface area contributed by atoms with E-state index in [9.17, 15) is 4.79 Å². The number of ether oxygens (including phenoxy) is 1. The lowest BCUT2D eigenvalue weighted by Crippen LogP contribution is -2.24. The monoisotopic (exact) mass is 337 g/mol. The van der Waals surface area contributed by atoms with Crippen LogP contribution in [0.1, 0.15) is 19.3 Å². The van der Waals surface area contributed by atoms with Crippen molar-refractivity contribution in [3.05, 3.63) is 12.4 Å². The summed E-state index contributed by atoms with van der Waals surface area (Å²) in [5, 5.41) is 18.7. The minimum absolute atomic E-state index is 0.119. The molecule has 0 radical (unpaired) electrons. The average molecular weight is 337 g/mol. The van der Waals surface area contributed by atoms with E-state index in [4.69, 9.17) is 4.74 Å². The predicted molar refractivity (Wildman–Crippen MR) is 84.0 cm³/mol. The zero-order chi connectivity index (χ0) is 16.1. The van der Waals surface area contributed by atoms with Gasteiger partial charge in [0, 0.05) is 19.9 Å². The zero-order valence-electron chi connectivity index (χ0n) is 12.9. The van der Waals surface area contributed by atoms with Crippen LogP contribution in [0.25, 0.3) is 0 Å². The fourth-order valence-electron chi connectivity index (χ4n) is 2.36. The Morgan fingerprint density at radius 2 is 2.43 bits per heavy atom. The maximum absolute atomic E-state index is 11.9. The third-order valence-electron chi connectivity index (χ3n) is 3.50. The summed E-state index contributed by atoms with van der Waals surface area (Å²) in [6, 6.07) is 0. The summed E-state index contributed by atoms with van der Waals surface area (Å²) < 4.78 is 9.03. The fourth-order valence-corrected chi connectivity index (χ4v) is 3.01. The van der Waals surface area contributed by atoms with Gasteiger partial charge in [0.2, 0.25) is 11.1 Å². The van der Waals surface area contributed by atoms with E-state index in [1.165, 1.54) is 22.9 Å². The molecule has 0 aromatic carbocycles. The molecule has 1 N–H and O–H groups in total. The van der Waals surface area contributed by atoms with Crippen LogP contribution in [0, 0.1) is 0 Å². The molecule has 1 saturated heterocycles. The van der Waals surface area contributed by atoms with E-state index in [0.717, 1.165) is 26.0 Å². The topological polar surface area (TPSA) is 99.8 Å². The highest BCUT2D eigenvalue weighted by Gasteiger charge is 2.15. The highest BCUT2D eigenvalue weighted by Crippen LogP contribution is 2.16. The molecule has 23 heavy (non-hydrogen) atoms. The smallest absolute Gasteiger partial charge is 0.234 e. The molecule has 1 amide bonds. The number of hydrogen-bond acceptors (Lipinski definition) is 7. The first-order valence-electron chi connectivity index (χ1n) is 7.50. The molecular weight excluding hydrogens is 318 g/mol. The Balaban J connectivity index is 1.46. The zero-order valence-corrected chi connectivity index (χ0v) is 13.7. The molecule has 0 saturated carbocycles. The third-order valence-corrected chi connectivity index (χ3v) is 4.51. The van der Waals surface area contributed by atoms with Crippen molar-refractivity contribution in [1.82, 2.24) is 30.0 Å². The lowest BCUT2D eigenvalue weighted by Gasteiger charge is -2.22. The fraction of sp³-hybridized carbons (Fsp3) is 0.615. The molecule has 2 aromatic rings. The first kappa shape index (κ1) is 15.9. The molecule has 124 valence electrons. The number of aryl methyl sites for hydroxylation is 1. The Kier molecular flexibility index (Phi) is 5.23. The molecule has 1 fully saturated rings. The Morgan fingerprint density at radius 3 is 3.17 bits per heavy atom. The quantitative estimate of drug-likeness (QED) is 0.775. The molecule has 0 aliphatic carbocycles. The van der Waals surface area contributed by atoms with Crippen LogP contribution < -0.4 is 5.32 Å². The molecular formula is C13H19N7O2S. The second kappa shape index (κ2) is 7.55. The van der Waals surface area contributed by atoms with Crippen LogP contribution in [-0.4, -0.2) is 54.4 Å². The van der Waals surface area contributed by atoms with Crippen LogP contribution in [0.4, 0.5) is 5.69 Å². The van der Waals surface area contributed by atoms with E-state index < -0.39 is 0 Å². The number of nitrogens with one attached hydrogen (secondary N) is 1. The molecule has 1 aliphatic rings. The number of thioether (sulfide) groups is 1. The molecule has 0 bridgehead atoms. The van der Waals surface area contributed by atoms with Gasteiger partial charge in [-0.1, -0.05) is 11.8 Å². The van der Waals surface area contributed by atoms with E-state index in [1.54, 1.807) is 13.2 Å². The molecule has 2 aromatic heterocycles. The van der Waals surface area contributed by atoms with Crippen molar-refractivity contribution < 1.29 is 9.53 Å². The van der Waals surface area contributed by atoms with Gasteiger partial charge >= 0.3 is 0 Å². The van der Waals surface area contributed by atoms with Gasteiger partial charge in [0.15, 0.2) is 0 Å². The van der Waals surface area contributed by atoms with Crippen LogP contribution in [-0.2, 0) is 23.1 Å². The second-order valence-electron chi connectivity index (χ2n) is 5.36. The van der Waals surface area contributed by atoms with E-state index in [1.807, 2.05) is 10.9 Å². The summed E-state index contributed by atoms with van der Waals surface area (Å²) in [6.07, 6.45) is 7.08. The van der Waals surface area contributed by atoms with Crippen LogP contribution in [0.15, 0.2) is 17.6 Å². The van der Waals surface area contributed by atoms with Crippen molar-refractivity contribution in [2.24, 2.45) is 7.05 Å². The van der Waals surface area contributed by atoms with Crippen molar-refractivity contribution in [1.29, 1.82) is 0 Å². The van der Waals surface area contributed by atoms with Gasteiger partial charge in [-0.2, -0.15) is 5.10 Å². The molecule has 1 aliphatic heterocycles. The molecule has 3 heterocycles. The minimum Gasteiger partial charge on any atom is -0.376 e. The van der Waals surface area contributed by atoms with E-state index in [2.05, 4.69) is 25.9 Å². The summed E-state index contributed by atoms with van der Waals surface area (Å²) in [4.78, 5) is 11.9. The van der Waals surface area contributed by atoms with Gasteiger partial charge in [0.1, 0.15) is 0 Å². The lowest BCUT2D eigenvalue weighted by molar-refractivity contribution is -0.113. The van der Waals surface area contributed by atoms with E-state index in [-0.39, 0.29) is 17.8 Å². The van der Waals surface area contributed by atoms with Crippen LogP contribution >= 0.6 is 11.8 Å². The number of amides is 1. The summed E-state index contributed by atoms with van der Waals surface area (Å²) in [7, 11) is 1.73. The maximum atomic E-state index is 11.9. The number of aromatic nitrogens is 6. The van der Waals surface area contributed by atoms with Crippen molar-refractivity contribution in [2.75, 3.05) is 17.7 Å². The normalized spacial score (nSPS) is 18.0. The highest BCUT2D eigenvalue weighted by molar-refractivity contribution is 7.99. The van der Waals surface area contributed by atoms with Crippen molar-refractivity contribution >= 4 is 23.4 Å². The highest BCUT2D eigenvalue weighted by atomic mass is 32.2. The third kappa shape index (κ3) is 4.52. The Labute approximate surface area is 137 Å². The average Bonchev–Trinajstić information content (AvgIpc) is 3.15. The van der Waals surface area contributed by atoms with Gasteiger partial charge in [0.05, 0.1) is 30.3 Å². The second-order valence-corrected chi connectivity index (χ2v) is 6.30.